The van der Waals surface area contributed by atoms with Gasteiger partial charge in [-0.15, -0.1) is 0 Å². The molecule has 4 heteroatoms. The maximum absolute atomic E-state index is 11.2. The Bertz CT molecular complexity index is 414. The second-order valence-electron chi connectivity index (χ2n) is 3.05. The molecule has 0 saturated heterocycles. The van der Waals surface area contributed by atoms with E-state index in [1.807, 2.05) is 6.07 Å². The number of nitriles is 1. The molecule has 0 heterocycles. The first-order chi connectivity index (χ1) is 7.11. The summed E-state index contributed by atoms with van der Waals surface area (Å²) in [6.45, 7) is 5.24. The Morgan fingerprint density at radius 1 is 1.40 bits per heavy atom. The molecule has 1 aromatic rings. The Balaban J connectivity index is 2.62. The summed E-state index contributed by atoms with van der Waals surface area (Å²) < 4.78 is 0. The predicted octanol–water partition coefficient (Wildman–Crippen LogP) is 2.21. The molecule has 0 aliphatic carbocycles. The molecule has 1 aromatic carbocycles. The maximum atomic E-state index is 11.2. The zero-order valence-electron chi connectivity index (χ0n) is 8.37. The van der Waals surface area contributed by atoms with Gasteiger partial charge in [0.2, 0.25) is 0 Å². The fourth-order valence-electron chi connectivity index (χ4n) is 0.984. The first kappa shape index (κ1) is 10.8. The predicted molar refractivity (Wildman–Crippen MR) is 58.1 cm³/mol. The average Bonchev–Trinajstić information content (AvgIpc) is 2.17. The largest absolute Gasteiger partial charge is 0.323 e. The molecule has 0 radical (unpaired) electrons. The van der Waals surface area contributed by atoms with Gasteiger partial charge in [0.1, 0.15) is 0 Å². The number of benzene rings is 1. The molecule has 0 saturated carbocycles. The van der Waals surface area contributed by atoms with Gasteiger partial charge >= 0.3 is 6.03 Å². The number of nitrogens with zero attached hydrogens (tertiary/aromatic N) is 1. The van der Waals surface area contributed by atoms with Crippen molar-refractivity contribution in [3.05, 3.63) is 42.1 Å². The van der Waals surface area contributed by atoms with Crippen LogP contribution in [0.2, 0.25) is 0 Å². The van der Waals surface area contributed by atoms with Crippen LogP contribution in [0.15, 0.2) is 36.5 Å². The molecular formula is C11H11N3O. The lowest BCUT2D eigenvalue weighted by Gasteiger charge is -2.06. The number of carbonyl (C=O) groups is 1. The van der Waals surface area contributed by atoms with Crippen molar-refractivity contribution in [1.29, 1.82) is 5.26 Å². The van der Waals surface area contributed by atoms with E-state index >= 15 is 0 Å². The Kier molecular flexibility index (Phi) is 3.47. The number of urea groups is 1. The maximum Gasteiger partial charge on any atom is 0.323 e. The van der Waals surface area contributed by atoms with Gasteiger partial charge in [-0.25, -0.2) is 4.79 Å². The Labute approximate surface area is 88.2 Å². The Morgan fingerprint density at radius 3 is 2.47 bits per heavy atom. The second kappa shape index (κ2) is 4.82. The lowest BCUT2D eigenvalue weighted by atomic mass is 10.2. The van der Waals surface area contributed by atoms with Crippen molar-refractivity contribution in [2.75, 3.05) is 5.32 Å². The van der Waals surface area contributed by atoms with Crippen LogP contribution in [0.4, 0.5) is 10.5 Å². The number of amides is 2. The standard InChI is InChI=1S/C11H11N3O/c1-8(2)13-11(15)14-10-5-3-9(7-12)4-6-10/h3-6H,1H2,2H3,(H2,13,14,15). The van der Waals surface area contributed by atoms with Crippen LogP contribution in [-0.2, 0) is 0 Å². The van der Waals surface area contributed by atoms with Crippen LogP contribution in [0, 0.1) is 11.3 Å². The second-order valence-corrected chi connectivity index (χ2v) is 3.05. The summed E-state index contributed by atoms with van der Waals surface area (Å²) in [4.78, 5) is 11.2. The van der Waals surface area contributed by atoms with Crippen LogP contribution in [0.1, 0.15) is 12.5 Å². The molecule has 0 spiro atoms. The highest BCUT2D eigenvalue weighted by atomic mass is 16.2. The first-order valence-corrected chi connectivity index (χ1v) is 4.35. The van der Waals surface area contributed by atoms with Crippen LogP contribution >= 0.6 is 0 Å². The highest BCUT2D eigenvalue weighted by Crippen LogP contribution is 2.08. The number of rotatable bonds is 2. The van der Waals surface area contributed by atoms with Crippen molar-refractivity contribution in [1.82, 2.24) is 5.32 Å². The number of nitrogens with one attached hydrogen (secondary N) is 2. The van der Waals surface area contributed by atoms with Crippen molar-refractivity contribution in [3.8, 4) is 6.07 Å². The summed E-state index contributed by atoms with van der Waals surface area (Å²) in [5.74, 6) is 0. The first-order valence-electron chi connectivity index (χ1n) is 4.35. The van der Waals surface area contributed by atoms with Gasteiger partial charge in [-0.3, -0.25) is 0 Å². The van der Waals surface area contributed by atoms with Gasteiger partial charge in [-0.1, -0.05) is 6.58 Å². The molecule has 2 N–H and O–H groups in total. The molecule has 2 amide bonds. The molecule has 0 unspecified atom stereocenters. The minimum Gasteiger partial charge on any atom is -0.312 e. The molecule has 15 heavy (non-hydrogen) atoms. The van der Waals surface area contributed by atoms with E-state index in [4.69, 9.17) is 5.26 Å². The van der Waals surface area contributed by atoms with E-state index in [0.717, 1.165) is 0 Å². The molecule has 0 bridgehead atoms. The number of hydrogen-bond acceptors (Lipinski definition) is 2. The van der Waals surface area contributed by atoms with Crippen molar-refractivity contribution >= 4 is 11.7 Å². The molecule has 1 rings (SSSR count). The Morgan fingerprint density at radius 2 is 2.00 bits per heavy atom. The lowest BCUT2D eigenvalue weighted by molar-refractivity contribution is 0.254. The van der Waals surface area contributed by atoms with E-state index < -0.39 is 0 Å². The van der Waals surface area contributed by atoms with Gasteiger partial charge in [0.25, 0.3) is 0 Å². The highest BCUT2D eigenvalue weighted by molar-refractivity contribution is 5.90. The highest BCUT2D eigenvalue weighted by Gasteiger charge is 2.00. The van der Waals surface area contributed by atoms with Crippen molar-refractivity contribution in [2.24, 2.45) is 0 Å². The molecule has 0 aliphatic rings. The third-order valence-electron chi connectivity index (χ3n) is 1.60. The Hall–Kier alpha value is -2.28. The normalized spacial score (nSPS) is 8.80. The summed E-state index contributed by atoms with van der Waals surface area (Å²) in [5.41, 5.74) is 1.76. The molecular weight excluding hydrogens is 190 g/mol. The fraction of sp³-hybridized carbons (Fsp3) is 0.0909. The minimum atomic E-state index is -0.341. The van der Waals surface area contributed by atoms with Crippen molar-refractivity contribution < 1.29 is 4.79 Å². The third kappa shape index (κ3) is 3.53. The monoisotopic (exact) mass is 201 g/mol. The van der Waals surface area contributed by atoms with Crippen LogP contribution in [0.25, 0.3) is 0 Å². The van der Waals surface area contributed by atoms with Gasteiger partial charge in [0.05, 0.1) is 11.6 Å². The molecule has 0 aromatic heterocycles. The van der Waals surface area contributed by atoms with Crippen molar-refractivity contribution in [3.63, 3.8) is 0 Å². The minimum absolute atomic E-state index is 0.341. The van der Waals surface area contributed by atoms with E-state index in [-0.39, 0.29) is 6.03 Å². The van der Waals surface area contributed by atoms with Crippen LogP contribution in [0.5, 0.6) is 0 Å². The van der Waals surface area contributed by atoms with Gasteiger partial charge in [0, 0.05) is 11.4 Å². The number of allylic oxidation sites excluding steroid dienone is 1. The van der Waals surface area contributed by atoms with E-state index in [0.29, 0.717) is 16.9 Å². The van der Waals surface area contributed by atoms with Crippen LogP contribution < -0.4 is 10.6 Å². The summed E-state index contributed by atoms with van der Waals surface area (Å²) >= 11 is 0. The van der Waals surface area contributed by atoms with E-state index in [2.05, 4.69) is 17.2 Å². The molecule has 0 aliphatic heterocycles. The van der Waals surface area contributed by atoms with Crippen molar-refractivity contribution in [2.45, 2.75) is 6.92 Å². The zero-order chi connectivity index (χ0) is 11.3. The molecule has 0 fully saturated rings. The van der Waals surface area contributed by atoms with Crippen LogP contribution in [0.3, 0.4) is 0 Å². The smallest absolute Gasteiger partial charge is 0.312 e. The lowest BCUT2D eigenvalue weighted by Crippen LogP contribution is -2.26. The quantitative estimate of drug-likeness (QED) is 0.770. The van der Waals surface area contributed by atoms with Gasteiger partial charge in [-0.2, -0.15) is 5.26 Å². The van der Waals surface area contributed by atoms with Crippen LogP contribution in [-0.4, -0.2) is 6.03 Å². The summed E-state index contributed by atoms with van der Waals surface area (Å²) in [6.07, 6.45) is 0. The van der Waals surface area contributed by atoms with E-state index in [9.17, 15) is 4.79 Å². The average molecular weight is 201 g/mol. The molecule has 0 atom stereocenters. The number of anilines is 1. The SMILES string of the molecule is C=C(C)NC(=O)Nc1ccc(C#N)cc1. The zero-order valence-corrected chi connectivity index (χ0v) is 8.37. The summed E-state index contributed by atoms with van der Waals surface area (Å²) in [7, 11) is 0. The summed E-state index contributed by atoms with van der Waals surface area (Å²) in [5, 5.41) is 13.7. The van der Waals surface area contributed by atoms with E-state index in [1.54, 1.807) is 31.2 Å². The van der Waals surface area contributed by atoms with Gasteiger partial charge < -0.3 is 10.6 Å². The molecule has 76 valence electrons. The number of hydrogen-bond donors (Lipinski definition) is 2. The fourth-order valence-corrected chi connectivity index (χ4v) is 0.984. The summed E-state index contributed by atoms with van der Waals surface area (Å²) in [6, 6.07) is 8.25. The van der Waals surface area contributed by atoms with Gasteiger partial charge in [-0.05, 0) is 31.2 Å². The number of carbonyl (C=O) groups excluding carboxylic acids is 1. The van der Waals surface area contributed by atoms with E-state index in [1.165, 1.54) is 0 Å². The third-order valence-corrected chi connectivity index (χ3v) is 1.60. The van der Waals surface area contributed by atoms with Gasteiger partial charge in [0.15, 0.2) is 0 Å². The topological polar surface area (TPSA) is 64.9 Å². The molecule has 4 nitrogen and oxygen atoms in total.